The quantitative estimate of drug-likeness (QED) is 0.894. The molecule has 7 nitrogen and oxygen atoms in total. The number of nitrogens with zero attached hydrogens (tertiary/aromatic N) is 3. The van der Waals surface area contributed by atoms with E-state index < -0.39 is 17.5 Å². The largest absolute Gasteiger partial charge is 0.378 e. The third kappa shape index (κ3) is 4.05. The van der Waals surface area contributed by atoms with Crippen LogP contribution in [-0.2, 0) is 16.1 Å². The van der Waals surface area contributed by atoms with Gasteiger partial charge < -0.3 is 15.0 Å². The number of benzene rings is 1. The molecule has 2 aromatic rings. The summed E-state index contributed by atoms with van der Waals surface area (Å²) < 4.78 is 32.7. The molecule has 1 N–H and O–H groups in total. The van der Waals surface area contributed by atoms with Gasteiger partial charge in [0.2, 0.25) is 5.91 Å². The summed E-state index contributed by atoms with van der Waals surface area (Å²) in [5.74, 6) is -2.78. The number of ether oxygens (including phenoxy) is 1. The summed E-state index contributed by atoms with van der Waals surface area (Å²) in [7, 11) is 0. The van der Waals surface area contributed by atoms with Gasteiger partial charge in [-0.2, -0.15) is 5.10 Å². The van der Waals surface area contributed by atoms with E-state index in [0.29, 0.717) is 37.7 Å². The van der Waals surface area contributed by atoms with Crippen LogP contribution in [0.3, 0.4) is 0 Å². The molecule has 1 aliphatic heterocycles. The molecule has 3 rings (SSSR count). The first kappa shape index (κ1) is 18.0. The molecule has 0 atom stereocenters. The smallest absolute Gasteiger partial charge is 0.272 e. The van der Waals surface area contributed by atoms with Crippen molar-refractivity contribution in [3.05, 3.63) is 47.3 Å². The van der Waals surface area contributed by atoms with Crippen LogP contribution in [0.25, 0.3) is 0 Å². The van der Waals surface area contributed by atoms with Gasteiger partial charge in [0, 0.05) is 24.8 Å². The van der Waals surface area contributed by atoms with Gasteiger partial charge in [0.15, 0.2) is 11.6 Å². The van der Waals surface area contributed by atoms with Gasteiger partial charge in [0.05, 0.1) is 18.9 Å². The van der Waals surface area contributed by atoms with E-state index in [1.165, 1.54) is 10.7 Å². The molecule has 1 aromatic carbocycles. The summed E-state index contributed by atoms with van der Waals surface area (Å²) in [6.07, 6.45) is 0. The maximum absolute atomic E-state index is 13.2. The normalized spacial score (nSPS) is 14.3. The fourth-order valence-corrected chi connectivity index (χ4v) is 2.68. The van der Waals surface area contributed by atoms with Crippen molar-refractivity contribution in [3.8, 4) is 0 Å². The molecule has 9 heteroatoms. The zero-order valence-corrected chi connectivity index (χ0v) is 14.2. The van der Waals surface area contributed by atoms with Gasteiger partial charge in [0.25, 0.3) is 5.91 Å². The van der Waals surface area contributed by atoms with Crippen LogP contribution >= 0.6 is 0 Å². The lowest BCUT2D eigenvalue weighted by atomic mass is 10.3. The summed E-state index contributed by atoms with van der Waals surface area (Å²) in [5.41, 5.74) is 1.02. The maximum atomic E-state index is 13.2. The average molecular weight is 364 g/mol. The first-order valence-electron chi connectivity index (χ1n) is 8.10. The molecule has 2 amide bonds. The Morgan fingerprint density at radius 2 is 1.92 bits per heavy atom. The molecule has 0 bridgehead atoms. The minimum Gasteiger partial charge on any atom is -0.378 e. The number of nitrogens with one attached hydrogen (secondary N) is 1. The summed E-state index contributed by atoms with van der Waals surface area (Å²) in [4.78, 5) is 26.5. The van der Waals surface area contributed by atoms with Gasteiger partial charge in [-0.05, 0) is 25.1 Å². The van der Waals surface area contributed by atoms with Gasteiger partial charge in [-0.25, -0.2) is 8.78 Å². The Hall–Kier alpha value is -2.81. The molecule has 0 aliphatic carbocycles. The van der Waals surface area contributed by atoms with Crippen LogP contribution < -0.4 is 5.32 Å². The second kappa shape index (κ2) is 7.61. The van der Waals surface area contributed by atoms with E-state index in [2.05, 4.69) is 10.4 Å². The number of anilines is 1. The molecule has 0 saturated carbocycles. The van der Waals surface area contributed by atoms with Crippen molar-refractivity contribution < 1.29 is 23.1 Å². The Morgan fingerprint density at radius 3 is 2.62 bits per heavy atom. The molecule has 2 heterocycles. The highest BCUT2D eigenvalue weighted by atomic mass is 19.2. The molecular formula is C17H18F2N4O3. The predicted molar refractivity (Wildman–Crippen MR) is 88.7 cm³/mol. The number of rotatable bonds is 4. The zero-order valence-electron chi connectivity index (χ0n) is 14.2. The van der Waals surface area contributed by atoms with Crippen molar-refractivity contribution >= 4 is 17.5 Å². The molecular weight excluding hydrogens is 346 g/mol. The summed E-state index contributed by atoms with van der Waals surface area (Å²) in [6, 6.07) is 4.69. The van der Waals surface area contributed by atoms with E-state index in [9.17, 15) is 18.4 Å². The Morgan fingerprint density at radius 1 is 1.19 bits per heavy atom. The van der Waals surface area contributed by atoms with Crippen LogP contribution in [0.15, 0.2) is 24.3 Å². The van der Waals surface area contributed by atoms with Gasteiger partial charge >= 0.3 is 0 Å². The molecule has 1 aromatic heterocycles. The Labute approximate surface area is 148 Å². The minimum absolute atomic E-state index is 0.124. The lowest BCUT2D eigenvalue weighted by molar-refractivity contribution is -0.116. The second-order valence-electron chi connectivity index (χ2n) is 5.91. The molecule has 1 aliphatic rings. The zero-order chi connectivity index (χ0) is 18.7. The van der Waals surface area contributed by atoms with Crippen LogP contribution in [0.2, 0.25) is 0 Å². The van der Waals surface area contributed by atoms with E-state index in [1.54, 1.807) is 17.9 Å². The number of amides is 2. The van der Waals surface area contributed by atoms with Crippen molar-refractivity contribution in [3.63, 3.8) is 0 Å². The van der Waals surface area contributed by atoms with Crippen molar-refractivity contribution in [2.45, 2.75) is 13.5 Å². The predicted octanol–water partition coefficient (Wildman–Crippen LogP) is 1.58. The van der Waals surface area contributed by atoms with E-state index in [-0.39, 0.29) is 18.1 Å². The summed E-state index contributed by atoms with van der Waals surface area (Å²) in [5, 5.41) is 6.64. The lowest BCUT2D eigenvalue weighted by Gasteiger charge is -2.26. The van der Waals surface area contributed by atoms with Crippen molar-refractivity contribution in [2.24, 2.45) is 0 Å². The topological polar surface area (TPSA) is 76.5 Å². The standard InChI is InChI=1S/C17H18F2N4O3/c1-11-8-15(17(25)22-4-6-26-7-5-22)23(21-11)10-16(24)20-12-2-3-13(18)14(19)9-12/h2-3,8-9H,4-7,10H2,1H3,(H,20,24). The number of carbonyl (C=O) groups excluding carboxylic acids is 2. The Bertz CT molecular complexity index is 831. The molecule has 138 valence electrons. The van der Waals surface area contributed by atoms with Gasteiger partial charge in [-0.3, -0.25) is 14.3 Å². The van der Waals surface area contributed by atoms with Crippen molar-refractivity contribution in [2.75, 3.05) is 31.6 Å². The Kier molecular flexibility index (Phi) is 5.27. The maximum Gasteiger partial charge on any atom is 0.272 e. The number of halogens is 2. The van der Waals surface area contributed by atoms with Crippen LogP contribution in [0.1, 0.15) is 16.2 Å². The molecule has 26 heavy (non-hydrogen) atoms. The van der Waals surface area contributed by atoms with Crippen LogP contribution in [-0.4, -0.2) is 52.8 Å². The number of hydrogen-bond acceptors (Lipinski definition) is 4. The number of aryl methyl sites for hydroxylation is 1. The molecule has 0 radical (unpaired) electrons. The second-order valence-corrected chi connectivity index (χ2v) is 5.91. The van der Waals surface area contributed by atoms with Gasteiger partial charge in [0.1, 0.15) is 12.2 Å². The van der Waals surface area contributed by atoms with Crippen LogP contribution in [0.5, 0.6) is 0 Å². The lowest BCUT2D eigenvalue weighted by Crippen LogP contribution is -2.41. The SMILES string of the molecule is Cc1cc(C(=O)N2CCOCC2)n(CC(=O)Nc2ccc(F)c(F)c2)n1. The van der Waals surface area contributed by atoms with E-state index in [4.69, 9.17) is 4.74 Å². The van der Waals surface area contributed by atoms with Crippen molar-refractivity contribution in [1.82, 2.24) is 14.7 Å². The monoisotopic (exact) mass is 364 g/mol. The molecule has 1 saturated heterocycles. The van der Waals surface area contributed by atoms with E-state index >= 15 is 0 Å². The highest BCUT2D eigenvalue weighted by molar-refractivity contribution is 5.94. The average Bonchev–Trinajstić information content (AvgIpc) is 2.98. The fraction of sp³-hybridized carbons (Fsp3) is 0.353. The number of morpholine rings is 1. The first-order chi connectivity index (χ1) is 12.4. The highest BCUT2D eigenvalue weighted by Crippen LogP contribution is 2.14. The van der Waals surface area contributed by atoms with E-state index in [0.717, 1.165) is 12.1 Å². The van der Waals surface area contributed by atoms with Crippen molar-refractivity contribution in [1.29, 1.82) is 0 Å². The number of hydrogen-bond donors (Lipinski definition) is 1. The minimum atomic E-state index is -1.05. The third-order valence-corrected chi connectivity index (χ3v) is 3.92. The van der Waals surface area contributed by atoms with E-state index in [1.807, 2.05) is 0 Å². The summed E-state index contributed by atoms with van der Waals surface area (Å²) in [6.45, 7) is 3.39. The van der Waals surface area contributed by atoms with Gasteiger partial charge in [-0.1, -0.05) is 0 Å². The molecule has 0 unspecified atom stereocenters. The third-order valence-electron chi connectivity index (χ3n) is 3.92. The van der Waals surface area contributed by atoms with Gasteiger partial charge in [-0.15, -0.1) is 0 Å². The summed E-state index contributed by atoms with van der Waals surface area (Å²) >= 11 is 0. The highest BCUT2D eigenvalue weighted by Gasteiger charge is 2.23. The number of carbonyl (C=O) groups is 2. The van der Waals surface area contributed by atoms with Crippen LogP contribution in [0.4, 0.5) is 14.5 Å². The molecule has 1 fully saturated rings. The Balaban J connectivity index is 1.71. The fourth-order valence-electron chi connectivity index (χ4n) is 2.68. The molecule has 0 spiro atoms. The first-order valence-corrected chi connectivity index (χ1v) is 8.10. The van der Waals surface area contributed by atoms with Crippen LogP contribution in [0, 0.1) is 18.6 Å². The number of aromatic nitrogens is 2.